The number of rotatable bonds is 8. The van der Waals surface area contributed by atoms with Gasteiger partial charge in [-0.1, -0.05) is 29.3 Å². The Kier molecular flexibility index (Phi) is 6.05. The third kappa shape index (κ3) is 5.02. The van der Waals surface area contributed by atoms with Crippen LogP contribution in [-0.4, -0.2) is 29.4 Å². The molecule has 0 atom stereocenters. The van der Waals surface area contributed by atoms with Crippen molar-refractivity contribution in [2.45, 2.75) is 51.5 Å². The fourth-order valence-corrected chi connectivity index (χ4v) is 2.08. The first kappa shape index (κ1) is 11.5. The fourth-order valence-electron chi connectivity index (χ4n) is 1.69. The molecule has 0 aromatic heterocycles. The molecule has 1 fully saturated rings. The van der Waals surface area contributed by atoms with Gasteiger partial charge in [-0.3, -0.25) is 0 Å². The molecule has 0 radical (unpaired) electrons. The average Bonchev–Trinajstić information content (AvgIpc) is 2.94. The van der Waals surface area contributed by atoms with Gasteiger partial charge in [-0.05, 0) is 45.2 Å². The average molecular weight is 248 g/mol. The van der Waals surface area contributed by atoms with Crippen molar-refractivity contribution in [3.8, 4) is 0 Å². The fraction of sp³-hybridized carbons (Fsp3) is 1.00. The second-order valence-electron chi connectivity index (χ2n) is 4.02. The van der Waals surface area contributed by atoms with Crippen molar-refractivity contribution in [2.75, 3.05) is 18.4 Å². The molecule has 0 amide bonds. The molecule has 2 heteroatoms. The van der Waals surface area contributed by atoms with E-state index in [4.69, 9.17) is 0 Å². The number of hydrogen-bond donors (Lipinski definition) is 0. The molecule has 0 N–H and O–H groups in total. The molecule has 0 aromatic carbocycles. The number of hydrogen-bond acceptors (Lipinski definition) is 1. The first-order valence-corrected chi connectivity index (χ1v) is 6.80. The van der Waals surface area contributed by atoms with E-state index in [-0.39, 0.29) is 0 Å². The van der Waals surface area contributed by atoms with Gasteiger partial charge in [-0.25, -0.2) is 0 Å². The zero-order valence-corrected chi connectivity index (χ0v) is 10.4. The Bertz CT molecular complexity index is 123. The van der Waals surface area contributed by atoms with Crippen molar-refractivity contribution in [3.63, 3.8) is 0 Å². The molecule has 0 unspecified atom stereocenters. The van der Waals surface area contributed by atoms with E-state index in [1.807, 2.05) is 0 Å². The summed E-state index contributed by atoms with van der Waals surface area (Å²) in [7, 11) is 0. The minimum absolute atomic E-state index is 0.960. The lowest BCUT2D eigenvalue weighted by Gasteiger charge is -2.21. The van der Waals surface area contributed by atoms with Crippen LogP contribution in [0.5, 0.6) is 0 Å². The summed E-state index contributed by atoms with van der Waals surface area (Å²) in [6.45, 7) is 4.95. The van der Waals surface area contributed by atoms with Crippen LogP contribution in [-0.2, 0) is 0 Å². The van der Waals surface area contributed by atoms with E-state index >= 15 is 0 Å². The van der Waals surface area contributed by atoms with Gasteiger partial charge in [0.05, 0.1) is 0 Å². The van der Waals surface area contributed by atoms with Crippen molar-refractivity contribution in [2.24, 2.45) is 0 Å². The van der Waals surface area contributed by atoms with E-state index < -0.39 is 0 Å². The second kappa shape index (κ2) is 6.83. The first-order chi connectivity index (χ1) is 6.38. The zero-order chi connectivity index (χ0) is 9.52. The van der Waals surface area contributed by atoms with Crippen molar-refractivity contribution in [3.05, 3.63) is 0 Å². The Hall–Kier alpha value is 0.440. The summed E-state index contributed by atoms with van der Waals surface area (Å²) >= 11 is 3.49. The second-order valence-corrected chi connectivity index (χ2v) is 4.81. The van der Waals surface area contributed by atoms with Gasteiger partial charge in [0, 0.05) is 11.4 Å². The molecular weight excluding hydrogens is 226 g/mol. The molecule has 1 nitrogen and oxygen atoms in total. The van der Waals surface area contributed by atoms with Gasteiger partial charge in [0.2, 0.25) is 0 Å². The monoisotopic (exact) mass is 247 g/mol. The Balaban J connectivity index is 2.06. The zero-order valence-electron chi connectivity index (χ0n) is 8.77. The van der Waals surface area contributed by atoms with Crippen molar-refractivity contribution < 1.29 is 0 Å². The highest BCUT2D eigenvalue weighted by Crippen LogP contribution is 2.27. The molecular formula is C11H22BrN. The topological polar surface area (TPSA) is 3.24 Å². The molecule has 0 spiro atoms. The Morgan fingerprint density at radius 2 is 1.85 bits per heavy atom. The summed E-state index contributed by atoms with van der Waals surface area (Å²) in [5.74, 6) is 0. The van der Waals surface area contributed by atoms with Crippen LogP contribution in [0, 0.1) is 0 Å². The highest BCUT2D eigenvalue weighted by Gasteiger charge is 2.27. The van der Waals surface area contributed by atoms with Crippen LogP contribution in [0.2, 0.25) is 0 Å². The van der Waals surface area contributed by atoms with Crippen LogP contribution in [0.4, 0.5) is 0 Å². The molecule has 0 saturated heterocycles. The SMILES string of the molecule is CCCCN(CCCCBr)C1CC1. The van der Waals surface area contributed by atoms with Crippen molar-refractivity contribution >= 4 is 15.9 Å². The predicted molar refractivity (Wildman–Crippen MR) is 62.5 cm³/mol. The van der Waals surface area contributed by atoms with Crippen molar-refractivity contribution in [1.29, 1.82) is 0 Å². The van der Waals surface area contributed by atoms with Crippen LogP contribution < -0.4 is 0 Å². The van der Waals surface area contributed by atoms with E-state index in [1.54, 1.807) is 0 Å². The smallest absolute Gasteiger partial charge is 0.00964 e. The third-order valence-corrected chi connectivity index (χ3v) is 3.25. The molecule has 13 heavy (non-hydrogen) atoms. The Morgan fingerprint density at radius 3 is 2.38 bits per heavy atom. The maximum Gasteiger partial charge on any atom is 0.00964 e. The molecule has 1 saturated carbocycles. The lowest BCUT2D eigenvalue weighted by Crippen LogP contribution is -2.28. The van der Waals surface area contributed by atoms with Gasteiger partial charge in [-0.15, -0.1) is 0 Å². The molecule has 78 valence electrons. The van der Waals surface area contributed by atoms with Crippen LogP contribution in [0.3, 0.4) is 0 Å². The number of nitrogens with zero attached hydrogens (tertiary/aromatic N) is 1. The normalized spacial score (nSPS) is 16.8. The summed E-state index contributed by atoms with van der Waals surface area (Å²) in [5.41, 5.74) is 0. The standard InChI is InChI=1S/C11H22BrN/c1-2-3-9-13(11-6-7-11)10-5-4-8-12/h11H,2-10H2,1H3. The third-order valence-electron chi connectivity index (χ3n) is 2.69. The molecule has 0 aliphatic heterocycles. The first-order valence-electron chi connectivity index (χ1n) is 5.68. The van der Waals surface area contributed by atoms with Gasteiger partial charge < -0.3 is 4.90 Å². The van der Waals surface area contributed by atoms with E-state index in [2.05, 4.69) is 27.8 Å². The molecule has 1 aliphatic rings. The molecule has 1 rings (SSSR count). The predicted octanol–water partition coefficient (Wildman–Crippen LogP) is 3.43. The van der Waals surface area contributed by atoms with E-state index in [9.17, 15) is 0 Å². The lowest BCUT2D eigenvalue weighted by atomic mass is 10.2. The summed E-state index contributed by atoms with van der Waals surface area (Å²) in [4.78, 5) is 2.70. The highest BCUT2D eigenvalue weighted by atomic mass is 79.9. The molecule has 0 heterocycles. The molecule has 0 aromatic rings. The number of alkyl halides is 1. The highest BCUT2D eigenvalue weighted by molar-refractivity contribution is 9.09. The largest absolute Gasteiger partial charge is 0.300 e. The number of unbranched alkanes of at least 4 members (excludes halogenated alkanes) is 2. The lowest BCUT2D eigenvalue weighted by molar-refractivity contribution is 0.255. The Labute approximate surface area is 91.0 Å². The van der Waals surface area contributed by atoms with Gasteiger partial charge in [0.25, 0.3) is 0 Å². The van der Waals surface area contributed by atoms with E-state index in [1.165, 1.54) is 56.9 Å². The van der Waals surface area contributed by atoms with Gasteiger partial charge in [-0.2, -0.15) is 0 Å². The van der Waals surface area contributed by atoms with Crippen LogP contribution in [0.25, 0.3) is 0 Å². The maximum atomic E-state index is 3.49. The minimum Gasteiger partial charge on any atom is -0.300 e. The molecule has 0 bridgehead atoms. The Morgan fingerprint density at radius 1 is 1.15 bits per heavy atom. The van der Waals surface area contributed by atoms with Crippen LogP contribution in [0.15, 0.2) is 0 Å². The summed E-state index contributed by atoms with van der Waals surface area (Å²) in [5, 5.41) is 1.17. The van der Waals surface area contributed by atoms with Gasteiger partial charge >= 0.3 is 0 Å². The minimum atomic E-state index is 0.960. The molecule has 1 aliphatic carbocycles. The van der Waals surface area contributed by atoms with Crippen LogP contribution in [0.1, 0.15) is 45.4 Å². The maximum absolute atomic E-state index is 3.49. The van der Waals surface area contributed by atoms with Crippen molar-refractivity contribution in [1.82, 2.24) is 4.90 Å². The van der Waals surface area contributed by atoms with E-state index in [0.717, 1.165) is 6.04 Å². The van der Waals surface area contributed by atoms with Gasteiger partial charge in [0.15, 0.2) is 0 Å². The van der Waals surface area contributed by atoms with Gasteiger partial charge in [0.1, 0.15) is 0 Å². The summed E-state index contributed by atoms with van der Waals surface area (Å²) in [6.07, 6.45) is 8.32. The summed E-state index contributed by atoms with van der Waals surface area (Å²) in [6, 6.07) is 0.960. The van der Waals surface area contributed by atoms with E-state index in [0.29, 0.717) is 0 Å². The number of halogens is 1. The van der Waals surface area contributed by atoms with Crippen LogP contribution >= 0.6 is 15.9 Å². The summed E-state index contributed by atoms with van der Waals surface area (Å²) < 4.78 is 0. The quantitative estimate of drug-likeness (QED) is 0.470.